The third kappa shape index (κ3) is 5.28. The van der Waals surface area contributed by atoms with Gasteiger partial charge < -0.3 is 19.2 Å². The van der Waals surface area contributed by atoms with E-state index in [9.17, 15) is 4.79 Å². The number of nitrogens with one attached hydrogen (secondary N) is 1. The molecule has 0 aliphatic carbocycles. The van der Waals surface area contributed by atoms with Gasteiger partial charge in [-0.1, -0.05) is 42.3 Å². The Bertz CT molecular complexity index is 635. The smallest absolute Gasteiger partial charge is 0.139 e. The van der Waals surface area contributed by atoms with Gasteiger partial charge in [-0.15, -0.1) is 0 Å². The van der Waals surface area contributed by atoms with E-state index in [1.165, 1.54) is 16.8 Å². The van der Waals surface area contributed by atoms with Crippen molar-refractivity contribution in [3.8, 4) is 0 Å². The molecular weight excluding hydrogens is 320 g/mol. The summed E-state index contributed by atoms with van der Waals surface area (Å²) in [6.07, 6.45) is 4.00. The molecule has 0 atom stereocenters. The van der Waals surface area contributed by atoms with Gasteiger partial charge in [-0.05, 0) is 35.7 Å². The zero-order valence-electron chi connectivity index (χ0n) is 14.2. The van der Waals surface area contributed by atoms with Gasteiger partial charge in [-0.25, -0.2) is 0 Å². The normalized spacial score (nSPS) is 12.2. The Hall–Kier alpha value is -1.98. The number of methoxy groups -OCH3 is 1. The van der Waals surface area contributed by atoms with Crippen LogP contribution < -0.4 is 9.62 Å². The molecule has 0 radical (unpaired) electrons. The van der Waals surface area contributed by atoms with Crippen molar-refractivity contribution in [1.82, 2.24) is 0 Å². The van der Waals surface area contributed by atoms with Crippen LogP contribution in [0.3, 0.4) is 0 Å². The molecule has 0 aromatic heterocycles. The average molecular weight is 344 g/mol. The zero-order valence-corrected chi connectivity index (χ0v) is 15.0. The van der Waals surface area contributed by atoms with Crippen LogP contribution in [0.4, 0.5) is 11.4 Å². The number of anilines is 2. The Morgan fingerprint density at radius 3 is 2.71 bits per heavy atom. The minimum atomic E-state index is 0.502. The van der Waals surface area contributed by atoms with Gasteiger partial charge >= 0.3 is 0 Å². The second-order valence-corrected chi connectivity index (χ2v) is 6.04. The summed E-state index contributed by atoms with van der Waals surface area (Å²) in [5.41, 5.74) is 4.89. The van der Waals surface area contributed by atoms with E-state index in [-0.39, 0.29) is 0 Å². The van der Waals surface area contributed by atoms with E-state index in [0.717, 1.165) is 24.9 Å². The average Bonchev–Trinajstić information content (AvgIpc) is 3.00. The highest BCUT2D eigenvalue weighted by atomic mass is 32.2. The highest BCUT2D eigenvalue weighted by molar-refractivity contribution is 7.99. The Morgan fingerprint density at radius 2 is 2.04 bits per heavy atom. The summed E-state index contributed by atoms with van der Waals surface area (Å²) in [5, 5.41) is 0. The molecule has 0 saturated heterocycles. The van der Waals surface area contributed by atoms with Crippen LogP contribution in [0.25, 0.3) is 0 Å². The number of rotatable bonds is 6. The molecule has 1 aliphatic rings. The van der Waals surface area contributed by atoms with Crippen LogP contribution in [0.1, 0.15) is 11.1 Å². The molecule has 5 heteroatoms. The van der Waals surface area contributed by atoms with Crippen molar-refractivity contribution in [2.24, 2.45) is 0 Å². The summed E-state index contributed by atoms with van der Waals surface area (Å²) >= 11 is 1.59. The van der Waals surface area contributed by atoms with Crippen LogP contribution in [0.5, 0.6) is 0 Å². The number of nitrogens with zero attached hydrogens (tertiary/aromatic N) is 1. The highest BCUT2D eigenvalue weighted by Gasteiger charge is 2.18. The number of benzene rings is 2. The van der Waals surface area contributed by atoms with Gasteiger partial charge in [0.25, 0.3) is 0 Å². The van der Waals surface area contributed by atoms with Gasteiger partial charge in [-0.3, -0.25) is 0 Å². The molecule has 0 spiro atoms. The van der Waals surface area contributed by atoms with Crippen molar-refractivity contribution in [2.75, 3.05) is 36.1 Å². The molecule has 3 rings (SSSR count). The predicted molar refractivity (Wildman–Crippen MR) is 103 cm³/mol. The summed E-state index contributed by atoms with van der Waals surface area (Å²) in [5.74, 6) is 0. The molecule has 1 N–H and O–H groups in total. The minimum absolute atomic E-state index is 0.502. The van der Waals surface area contributed by atoms with Crippen LogP contribution in [0.2, 0.25) is 0 Å². The summed E-state index contributed by atoms with van der Waals surface area (Å²) in [6.45, 7) is 2.17. The van der Waals surface area contributed by atoms with Crippen LogP contribution >= 0.6 is 11.9 Å². The van der Waals surface area contributed by atoms with E-state index in [4.69, 9.17) is 4.74 Å². The number of hydrogen-bond donors (Lipinski definition) is 1. The first kappa shape index (κ1) is 18.4. The van der Waals surface area contributed by atoms with Crippen LogP contribution in [-0.4, -0.2) is 32.7 Å². The van der Waals surface area contributed by atoms with E-state index in [0.29, 0.717) is 13.2 Å². The number of fused-ring (bicyclic) bond motifs is 1. The molecule has 2 aromatic rings. The second-order valence-electron chi connectivity index (χ2n) is 5.43. The summed E-state index contributed by atoms with van der Waals surface area (Å²) in [4.78, 5) is 12.6. The minimum Gasteiger partial charge on any atom is -0.380 e. The third-order valence-electron chi connectivity index (χ3n) is 3.74. The lowest BCUT2D eigenvalue weighted by Gasteiger charge is -2.15. The molecule has 0 bridgehead atoms. The lowest BCUT2D eigenvalue weighted by Crippen LogP contribution is -2.22. The molecule has 4 nitrogen and oxygen atoms in total. The molecular formula is C19H24N2O2S. The standard InChI is InChI=1S/C11H14N2OS.C8H10O/c1-15-12-10-2-3-11-9(8-10)4-5-13(11)6-7-14;1-9-7-8-5-3-2-4-6-8/h2-3,7-8,12H,4-6H2,1H3;2-6H,7H2,1H3. The second kappa shape index (κ2) is 10.0. The van der Waals surface area contributed by atoms with Gasteiger partial charge in [0.15, 0.2) is 0 Å². The lowest BCUT2D eigenvalue weighted by atomic mass is 10.1. The van der Waals surface area contributed by atoms with Crippen molar-refractivity contribution in [3.05, 3.63) is 59.7 Å². The van der Waals surface area contributed by atoms with E-state index in [1.807, 2.05) is 36.6 Å². The first-order chi connectivity index (χ1) is 11.8. The molecule has 0 amide bonds. The Balaban J connectivity index is 0.000000198. The van der Waals surface area contributed by atoms with Gasteiger partial charge in [0.1, 0.15) is 6.29 Å². The fourth-order valence-corrected chi connectivity index (χ4v) is 3.03. The van der Waals surface area contributed by atoms with Crippen molar-refractivity contribution in [3.63, 3.8) is 0 Å². The number of hydrogen-bond acceptors (Lipinski definition) is 5. The monoisotopic (exact) mass is 344 g/mol. The molecule has 1 aliphatic heterocycles. The van der Waals surface area contributed by atoms with E-state index < -0.39 is 0 Å². The number of aldehydes is 1. The van der Waals surface area contributed by atoms with E-state index >= 15 is 0 Å². The van der Waals surface area contributed by atoms with Crippen molar-refractivity contribution >= 4 is 29.6 Å². The third-order valence-corrected chi connectivity index (χ3v) is 4.18. The van der Waals surface area contributed by atoms with Gasteiger partial charge in [0.05, 0.1) is 13.2 Å². The van der Waals surface area contributed by atoms with Gasteiger partial charge in [0, 0.05) is 31.3 Å². The molecule has 0 unspecified atom stereocenters. The van der Waals surface area contributed by atoms with Gasteiger partial charge in [-0.2, -0.15) is 0 Å². The Morgan fingerprint density at radius 1 is 1.25 bits per heavy atom. The number of carbonyl (C=O) groups is 1. The van der Waals surface area contributed by atoms with E-state index in [1.54, 1.807) is 19.1 Å². The topological polar surface area (TPSA) is 41.6 Å². The predicted octanol–water partition coefficient (Wildman–Crippen LogP) is 3.77. The number of ether oxygens (including phenoxy) is 1. The van der Waals surface area contributed by atoms with Crippen molar-refractivity contribution < 1.29 is 9.53 Å². The fourth-order valence-electron chi connectivity index (χ4n) is 2.67. The summed E-state index contributed by atoms with van der Waals surface area (Å²) in [7, 11) is 1.70. The first-order valence-electron chi connectivity index (χ1n) is 7.92. The molecule has 0 saturated carbocycles. The van der Waals surface area contributed by atoms with E-state index in [2.05, 4.69) is 27.8 Å². The van der Waals surface area contributed by atoms with Crippen molar-refractivity contribution in [2.45, 2.75) is 13.0 Å². The maximum absolute atomic E-state index is 10.5. The number of carbonyl (C=O) groups excluding carboxylic acids is 1. The SMILES string of the molecule is COCc1ccccc1.CSNc1ccc2c(c1)CCN2CC=O. The van der Waals surface area contributed by atoms with Crippen LogP contribution in [-0.2, 0) is 22.6 Å². The van der Waals surface area contributed by atoms with Crippen LogP contribution in [0, 0.1) is 0 Å². The maximum atomic E-state index is 10.5. The highest BCUT2D eigenvalue weighted by Crippen LogP contribution is 2.30. The Kier molecular flexibility index (Phi) is 7.65. The zero-order chi connectivity index (χ0) is 17.2. The largest absolute Gasteiger partial charge is 0.380 e. The first-order valence-corrected chi connectivity index (χ1v) is 9.14. The molecule has 128 valence electrons. The Labute approximate surface area is 148 Å². The molecule has 2 aromatic carbocycles. The van der Waals surface area contributed by atoms with Crippen LogP contribution in [0.15, 0.2) is 48.5 Å². The van der Waals surface area contributed by atoms with Crippen molar-refractivity contribution in [1.29, 1.82) is 0 Å². The summed E-state index contributed by atoms with van der Waals surface area (Å²) < 4.78 is 8.14. The molecule has 0 fully saturated rings. The fraction of sp³-hybridized carbons (Fsp3) is 0.316. The summed E-state index contributed by atoms with van der Waals surface area (Å²) in [6, 6.07) is 16.4. The maximum Gasteiger partial charge on any atom is 0.139 e. The molecule has 1 heterocycles. The lowest BCUT2D eigenvalue weighted by molar-refractivity contribution is -0.106. The van der Waals surface area contributed by atoms with Gasteiger partial charge in [0.2, 0.25) is 0 Å². The molecule has 24 heavy (non-hydrogen) atoms. The quantitative estimate of drug-likeness (QED) is 0.638.